The molecule has 0 aromatic heterocycles. The molecule has 0 spiro atoms. The zero-order valence-electron chi connectivity index (χ0n) is 10.7. The van der Waals surface area contributed by atoms with Gasteiger partial charge in [-0.1, -0.05) is 13.3 Å². The van der Waals surface area contributed by atoms with Gasteiger partial charge in [-0.15, -0.1) is 0 Å². The predicted octanol–water partition coefficient (Wildman–Crippen LogP) is 1.94. The molecule has 0 heterocycles. The van der Waals surface area contributed by atoms with Crippen molar-refractivity contribution in [2.24, 2.45) is 0 Å². The van der Waals surface area contributed by atoms with Gasteiger partial charge in [0.2, 0.25) is 0 Å². The summed E-state index contributed by atoms with van der Waals surface area (Å²) in [6.45, 7) is 7.28. The summed E-state index contributed by atoms with van der Waals surface area (Å²) in [7, 11) is 1.89. The third-order valence-electron chi connectivity index (χ3n) is 2.92. The van der Waals surface area contributed by atoms with Crippen molar-refractivity contribution >= 4 is 0 Å². The third-order valence-corrected chi connectivity index (χ3v) is 2.92. The first-order valence-electron chi connectivity index (χ1n) is 5.99. The van der Waals surface area contributed by atoms with Crippen LogP contribution in [-0.4, -0.2) is 37.0 Å². The van der Waals surface area contributed by atoms with E-state index in [9.17, 15) is 5.11 Å². The third kappa shape index (κ3) is 6.88. The Morgan fingerprint density at radius 1 is 1.47 bits per heavy atom. The lowest BCUT2D eigenvalue weighted by Crippen LogP contribution is -2.43. The molecule has 2 N–H and O–H groups in total. The molecule has 0 amide bonds. The molecular weight excluding hydrogens is 190 g/mol. The van der Waals surface area contributed by atoms with Crippen LogP contribution in [0.2, 0.25) is 0 Å². The second-order valence-corrected chi connectivity index (χ2v) is 4.54. The van der Waals surface area contributed by atoms with Gasteiger partial charge in [-0.05, 0) is 40.2 Å². The maximum absolute atomic E-state index is 9.17. The van der Waals surface area contributed by atoms with Gasteiger partial charge >= 0.3 is 0 Å². The number of aliphatic hydroxyl groups excluding tert-OH is 1. The number of aliphatic hydroxyl groups is 1. The van der Waals surface area contributed by atoms with Crippen molar-refractivity contribution in [3.63, 3.8) is 0 Å². The summed E-state index contributed by atoms with van der Waals surface area (Å²) in [4.78, 5) is 0. The standard InChI is InChI=1S/C12H27NO2/c1-5-7-11(2)15-9-6-8-12(3,10-14)13-4/h11,13-14H,5-10H2,1-4H3. The number of likely N-dealkylation sites (N-methyl/N-ethyl adjacent to an activating group) is 1. The highest BCUT2D eigenvalue weighted by molar-refractivity contribution is 4.79. The van der Waals surface area contributed by atoms with Gasteiger partial charge in [0, 0.05) is 12.1 Å². The van der Waals surface area contributed by atoms with Crippen LogP contribution in [-0.2, 0) is 4.74 Å². The van der Waals surface area contributed by atoms with E-state index in [2.05, 4.69) is 19.2 Å². The molecule has 0 rings (SSSR count). The highest BCUT2D eigenvalue weighted by atomic mass is 16.5. The lowest BCUT2D eigenvalue weighted by atomic mass is 9.97. The largest absolute Gasteiger partial charge is 0.394 e. The fraction of sp³-hybridized carbons (Fsp3) is 1.00. The van der Waals surface area contributed by atoms with Crippen LogP contribution in [0, 0.1) is 0 Å². The number of nitrogens with one attached hydrogen (secondary N) is 1. The van der Waals surface area contributed by atoms with Gasteiger partial charge in [0.25, 0.3) is 0 Å². The SMILES string of the molecule is CCCC(C)OCCCC(C)(CO)NC. The molecule has 0 aromatic carbocycles. The van der Waals surface area contributed by atoms with E-state index in [4.69, 9.17) is 4.74 Å². The summed E-state index contributed by atoms with van der Waals surface area (Å²) in [5.41, 5.74) is -0.155. The first-order chi connectivity index (χ1) is 7.08. The van der Waals surface area contributed by atoms with Crippen molar-refractivity contribution in [2.45, 2.75) is 58.1 Å². The van der Waals surface area contributed by atoms with Crippen molar-refractivity contribution in [1.82, 2.24) is 5.32 Å². The maximum Gasteiger partial charge on any atom is 0.0610 e. The lowest BCUT2D eigenvalue weighted by Gasteiger charge is -2.26. The molecule has 15 heavy (non-hydrogen) atoms. The Kier molecular flexibility index (Phi) is 8.02. The van der Waals surface area contributed by atoms with Crippen LogP contribution < -0.4 is 5.32 Å². The number of hydrogen-bond acceptors (Lipinski definition) is 3. The first kappa shape index (κ1) is 14.9. The predicted molar refractivity (Wildman–Crippen MR) is 64.1 cm³/mol. The Bertz CT molecular complexity index is 147. The zero-order valence-corrected chi connectivity index (χ0v) is 10.7. The molecule has 2 unspecified atom stereocenters. The fourth-order valence-electron chi connectivity index (χ4n) is 1.52. The van der Waals surface area contributed by atoms with Crippen LogP contribution in [0.5, 0.6) is 0 Å². The van der Waals surface area contributed by atoms with E-state index in [1.807, 2.05) is 14.0 Å². The highest BCUT2D eigenvalue weighted by Gasteiger charge is 2.19. The molecule has 0 aromatic rings. The molecule has 0 radical (unpaired) electrons. The van der Waals surface area contributed by atoms with E-state index in [-0.39, 0.29) is 12.1 Å². The molecule has 0 saturated carbocycles. The number of hydrogen-bond donors (Lipinski definition) is 2. The molecule has 0 aliphatic carbocycles. The second kappa shape index (κ2) is 8.08. The Morgan fingerprint density at radius 3 is 2.60 bits per heavy atom. The molecule has 0 saturated heterocycles. The molecule has 3 nitrogen and oxygen atoms in total. The van der Waals surface area contributed by atoms with Crippen LogP contribution in [0.1, 0.15) is 46.5 Å². The van der Waals surface area contributed by atoms with Gasteiger partial charge in [-0.25, -0.2) is 0 Å². The highest BCUT2D eigenvalue weighted by Crippen LogP contribution is 2.11. The van der Waals surface area contributed by atoms with Gasteiger partial charge in [0.15, 0.2) is 0 Å². The summed E-state index contributed by atoms with van der Waals surface area (Å²) >= 11 is 0. The summed E-state index contributed by atoms with van der Waals surface area (Å²) in [5.74, 6) is 0. The van der Waals surface area contributed by atoms with Gasteiger partial charge < -0.3 is 15.2 Å². The minimum Gasteiger partial charge on any atom is -0.394 e. The molecule has 0 fully saturated rings. The Morgan fingerprint density at radius 2 is 2.13 bits per heavy atom. The minimum absolute atomic E-state index is 0.155. The average molecular weight is 217 g/mol. The van der Waals surface area contributed by atoms with E-state index in [0.717, 1.165) is 25.9 Å². The summed E-state index contributed by atoms with van der Waals surface area (Å²) in [6, 6.07) is 0. The minimum atomic E-state index is -0.155. The van der Waals surface area contributed by atoms with Crippen molar-refractivity contribution in [3.8, 4) is 0 Å². The van der Waals surface area contributed by atoms with E-state index in [0.29, 0.717) is 6.10 Å². The van der Waals surface area contributed by atoms with Crippen molar-refractivity contribution in [2.75, 3.05) is 20.3 Å². The fourth-order valence-corrected chi connectivity index (χ4v) is 1.52. The van der Waals surface area contributed by atoms with Crippen molar-refractivity contribution in [1.29, 1.82) is 0 Å². The molecule has 0 aliphatic heterocycles. The molecule has 92 valence electrons. The van der Waals surface area contributed by atoms with E-state index < -0.39 is 0 Å². The van der Waals surface area contributed by atoms with Crippen LogP contribution in [0.25, 0.3) is 0 Å². The van der Waals surface area contributed by atoms with Crippen molar-refractivity contribution < 1.29 is 9.84 Å². The van der Waals surface area contributed by atoms with Crippen LogP contribution in [0.4, 0.5) is 0 Å². The van der Waals surface area contributed by atoms with Gasteiger partial charge in [0.05, 0.1) is 12.7 Å². The first-order valence-corrected chi connectivity index (χ1v) is 5.99. The van der Waals surface area contributed by atoms with E-state index in [1.165, 1.54) is 6.42 Å². The lowest BCUT2D eigenvalue weighted by molar-refractivity contribution is 0.0509. The van der Waals surface area contributed by atoms with Gasteiger partial charge in [-0.2, -0.15) is 0 Å². The Hall–Kier alpha value is -0.120. The zero-order chi connectivity index (χ0) is 11.7. The van der Waals surface area contributed by atoms with Crippen LogP contribution in [0.15, 0.2) is 0 Å². The maximum atomic E-state index is 9.17. The molecule has 0 bridgehead atoms. The van der Waals surface area contributed by atoms with Crippen molar-refractivity contribution in [3.05, 3.63) is 0 Å². The van der Waals surface area contributed by atoms with Gasteiger partial charge in [0.1, 0.15) is 0 Å². The molecule has 3 heteroatoms. The second-order valence-electron chi connectivity index (χ2n) is 4.54. The van der Waals surface area contributed by atoms with Crippen LogP contribution >= 0.6 is 0 Å². The number of rotatable bonds is 9. The molecular formula is C12H27NO2. The quantitative estimate of drug-likeness (QED) is 0.580. The topological polar surface area (TPSA) is 41.5 Å². The summed E-state index contributed by atoms with van der Waals surface area (Å²) < 4.78 is 5.66. The smallest absolute Gasteiger partial charge is 0.0610 e. The normalized spacial score (nSPS) is 17.4. The summed E-state index contributed by atoms with van der Waals surface area (Å²) in [6.07, 6.45) is 4.60. The average Bonchev–Trinajstić information content (AvgIpc) is 2.24. The Labute approximate surface area is 94.2 Å². The van der Waals surface area contributed by atoms with E-state index >= 15 is 0 Å². The monoisotopic (exact) mass is 217 g/mol. The van der Waals surface area contributed by atoms with Gasteiger partial charge in [-0.3, -0.25) is 0 Å². The van der Waals surface area contributed by atoms with E-state index in [1.54, 1.807) is 0 Å². The number of ether oxygens (including phenoxy) is 1. The Balaban J connectivity index is 3.52. The summed E-state index contributed by atoms with van der Waals surface area (Å²) in [5, 5.41) is 12.3. The van der Waals surface area contributed by atoms with Crippen LogP contribution in [0.3, 0.4) is 0 Å². The molecule has 2 atom stereocenters. The molecule has 0 aliphatic rings.